The van der Waals surface area contributed by atoms with Gasteiger partial charge in [0.2, 0.25) is 0 Å². The van der Waals surface area contributed by atoms with Crippen LogP contribution < -0.4 is 5.32 Å². The van der Waals surface area contributed by atoms with Gasteiger partial charge in [0.05, 0.1) is 0 Å². The van der Waals surface area contributed by atoms with Gasteiger partial charge in [-0.2, -0.15) is 0 Å². The summed E-state index contributed by atoms with van der Waals surface area (Å²) in [5.74, 6) is -0.123. The minimum Gasteiger partial charge on any atom is -0.448 e. The Bertz CT molecular complexity index is 817. The predicted molar refractivity (Wildman–Crippen MR) is 105 cm³/mol. The van der Waals surface area contributed by atoms with Gasteiger partial charge in [0, 0.05) is 15.6 Å². The molecule has 6 heteroatoms. The lowest BCUT2D eigenvalue weighted by molar-refractivity contribution is -0.123. The zero-order valence-electron chi connectivity index (χ0n) is 14.9. The highest BCUT2D eigenvalue weighted by molar-refractivity contribution is 7.14. The average molecular weight is 392 g/mol. The standard InChI is InChI=1S/C20H22ClNO3S/c1-3-13-7-8-17-14(9-13)10-18(26-17)20(24)25-12(2)19(23)22-16-6-4-5-15(21)11-16/h4-6,10-13H,3,7-9H2,1-2H3,(H,22,23)/t12-,13+/m1/s1. The van der Waals surface area contributed by atoms with Gasteiger partial charge in [0.25, 0.3) is 5.91 Å². The van der Waals surface area contributed by atoms with E-state index >= 15 is 0 Å². The molecule has 1 aliphatic rings. The normalized spacial score (nSPS) is 17.3. The quantitative estimate of drug-likeness (QED) is 0.721. The average Bonchev–Trinajstić information content (AvgIpc) is 3.04. The summed E-state index contributed by atoms with van der Waals surface area (Å²) in [6.07, 6.45) is 3.51. The van der Waals surface area contributed by atoms with E-state index in [2.05, 4.69) is 12.2 Å². The zero-order valence-corrected chi connectivity index (χ0v) is 16.5. The van der Waals surface area contributed by atoms with Crippen LogP contribution in [0.5, 0.6) is 0 Å². The fourth-order valence-electron chi connectivity index (χ4n) is 3.13. The van der Waals surface area contributed by atoms with Crippen molar-refractivity contribution in [2.75, 3.05) is 5.32 Å². The number of nitrogens with one attached hydrogen (secondary N) is 1. The van der Waals surface area contributed by atoms with E-state index < -0.39 is 12.1 Å². The molecule has 0 fully saturated rings. The number of amides is 1. The first-order valence-corrected chi connectivity index (χ1v) is 10.0. The van der Waals surface area contributed by atoms with Crippen LogP contribution >= 0.6 is 22.9 Å². The summed E-state index contributed by atoms with van der Waals surface area (Å²) in [6, 6.07) is 8.78. The number of hydrogen-bond donors (Lipinski definition) is 1. The van der Waals surface area contributed by atoms with Crippen molar-refractivity contribution in [1.82, 2.24) is 0 Å². The summed E-state index contributed by atoms with van der Waals surface area (Å²) >= 11 is 7.40. The Labute approximate surface area is 162 Å². The second-order valence-corrected chi connectivity index (χ2v) is 8.20. The molecule has 0 radical (unpaired) electrons. The van der Waals surface area contributed by atoms with Gasteiger partial charge in [-0.3, -0.25) is 4.79 Å². The fraction of sp³-hybridized carbons (Fsp3) is 0.400. The molecule has 138 valence electrons. The van der Waals surface area contributed by atoms with Gasteiger partial charge >= 0.3 is 5.97 Å². The van der Waals surface area contributed by atoms with Crippen LogP contribution in [-0.4, -0.2) is 18.0 Å². The molecule has 1 heterocycles. The summed E-state index contributed by atoms with van der Waals surface area (Å²) in [4.78, 5) is 26.5. The van der Waals surface area contributed by atoms with Crippen molar-refractivity contribution in [3.63, 3.8) is 0 Å². The second kappa shape index (κ2) is 8.23. The van der Waals surface area contributed by atoms with E-state index in [0.717, 1.165) is 19.3 Å². The van der Waals surface area contributed by atoms with Gasteiger partial charge in [0.1, 0.15) is 4.88 Å². The zero-order chi connectivity index (χ0) is 18.7. The molecule has 1 aromatic carbocycles. The Kier molecular flexibility index (Phi) is 5.99. The summed E-state index contributed by atoms with van der Waals surface area (Å²) in [6.45, 7) is 3.77. The third-order valence-corrected chi connectivity index (χ3v) is 6.16. The number of carbonyl (C=O) groups is 2. The topological polar surface area (TPSA) is 55.4 Å². The van der Waals surface area contributed by atoms with Gasteiger partial charge in [-0.25, -0.2) is 4.79 Å². The molecule has 0 bridgehead atoms. The summed E-state index contributed by atoms with van der Waals surface area (Å²) < 4.78 is 5.36. The Hall–Kier alpha value is -1.85. The highest BCUT2D eigenvalue weighted by atomic mass is 35.5. The second-order valence-electron chi connectivity index (χ2n) is 6.62. The van der Waals surface area contributed by atoms with E-state index in [0.29, 0.717) is 21.5 Å². The lowest BCUT2D eigenvalue weighted by Gasteiger charge is -2.19. The van der Waals surface area contributed by atoms with E-state index in [1.165, 1.54) is 28.2 Å². The Morgan fingerprint density at radius 2 is 2.19 bits per heavy atom. The molecule has 1 amide bonds. The highest BCUT2D eigenvalue weighted by Crippen LogP contribution is 2.34. The molecule has 26 heavy (non-hydrogen) atoms. The summed E-state index contributed by atoms with van der Waals surface area (Å²) in [5.41, 5.74) is 1.83. The maximum Gasteiger partial charge on any atom is 0.349 e. The molecule has 0 aliphatic heterocycles. The number of thiophene rings is 1. The monoisotopic (exact) mass is 391 g/mol. The maximum absolute atomic E-state index is 12.4. The van der Waals surface area contributed by atoms with Gasteiger partial charge in [0.15, 0.2) is 6.10 Å². The van der Waals surface area contributed by atoms with E-state index in [1.54, 1.807) is 31.2 Å². The number of ether oxygens (including phenoxy) is 1. The molecule has 0 saturated heterocycles. The molecule has 1 aliphatic carbocycles. The highest BCUT2D eigenvalue weighted by Gasteiger charge is 2.25. The number of hydrogen-bond acceptors (Lipinski definition) is 4. The van der Waals surface area contributed by atoms with Gasteiger partial charge in [-0.15, -0.1) is 11.3 Å². The van der Waals surface area contributed by atoms with Crippen molar-refractivity contribution in [3.05, 3.63) is 50.7 Å². The van der Waals surface area contributed by atoms with Crippen molar-refractivity contribution in [2.24, 2.45) is 5.92 Å². The van der Waals surface area contributed by atoms with Crippen LogP contribution in [0.4, 0.5) is 5.69 Å². The Balaban J connectivity index is 1.61. The molecule has 0 unspecified atom stereocenters. The number of benzene rings is 1. The number of esters is 1. The number of anilines is 1. The van der Waals surface area contributed by atoms with Crippen LogP contribution in [0.3, 0.4) is 0 Å². The summed E-state index contributed by atoms with van der Waals surface area (Å²) in [5, 5.41) is 3.23. The number of halogens is 1. The van der Waals surface area contributed by atoms with Crippen LogP contribution in [0.2, 0.25) is 5.02 Å². The lowest BCUT2D eigenvalue weighted by Crippen LogP contribution is -2.29. The van der Waals surface area contributed by atoms with Crippen molar-refractivity contribution in [1.29, 1.82) is 0 Å². The van der Waals surface area contributed by atoms with E-state index in [1.807, 2.05) is 6.07 Å². The predicted octanol–water partition coefficient (Wildman–Crippen LogP) is 5.10. The number of carbonyl (C=O) groups excluding carboxylic acids is 2. The van der Waals surface area contributed by atoms with Crippen molar-refractivity contribution < 1.29 is 14.3 Å². The number of rotatable bonds is 5. The first kappa shape index (κ1) is 18.9. The maximum atomic E-state index is 12.4. The molecule has 1 aromatic heterocycles. The SMILES string of the molecule is CC[C@H]1CCc2sc(C(=O)O[C@H](C)C(=O)Nc3cccc(Cl)c3)cc2C1. The smallest absolute Gasteiger partial charge is 0.349 e. The minimum absolute atomic E-state index is 0.381. The first-order chi connectivity index (χ1) is 12.5. The van der Waals surface area contributed by atoms with Gasteiger partial charge in [-0.1, -0.05) is 31.0 Å². The van der Waals surface area contributed by atoms with Gasteiger partial charge < -0.3 is 10.1 Å². The van der Waals surface area contributed by atoms with E-state index in [4.69, 9.17) is 16.3 Å². The van der Waals surface area contributed by atoms with Crippen LogP contribution in [0, 0.1) is 5.92 Å². The first-order valence-electron chi connectivity index (χ1n) is 8.85. The van der Waals surface area contributed by atoms with Crippen LogP contribution in [-0.2, 0) is 22.4 Å². The third kappa shape index (κ3) is 4.46. The van der Waals surface area contributed by atoms with Crippen LogP contribution in [0.1, 0.15) is 46.8 Å². The lowest BCUT2D eigenvalue weighted by atomic mass is 9.87. The molecule has 2 aromatic rings. The van der Waals surface area contributed by atoms with Crippen molar-refractivity contribution in [3.8, 4) is 0 Å². The molecular weight excluding hydrogens is 370 g/mol. The van der Waals surface area contributed by atoms with Gasteiger partial charge in [-0.05, 0) is 61.9 Å². The summed E-state index contributed by atoms with van der Waals surface area (Å²) in [7, 11) is 0. The molecule has 1 N–H and O–H groups in total. The van der Waals surface area contributed by atoms with E-state index in [9.17, 15) is 9.59 Å². The molecule has 3 rings (SSSR count). The van der Waals surface area contributed by atoms with Crippen molar-refractivity contribution in [2.45, 2.75) is 45.6 Å². The Morgan fingerprint density at radius 3 is 2.92 bits per heavy atom. The van der Waals surface area contributed by atoms with E-state index in [-0.39, 0.29) is 5.91 Å². The van der Waals surface area contributed by atoms with Crippen molar-refractivity contribution >= 4 is 40.5 Å². The third-order valence-electron chi connectivity index (χ3n) is 4.71. The molecule has 4 nitrogen and oxygen atoms in total. The molecule has 2 atom stereocenters. The van der Waals surface area contributed by atoms with Crippen LogP contribution in [0.15, 0.2) is 30.3 Å². The molecular formula is C20H22ClNO3S. The Morgan fingerprint density at radius 1 is 1.38 bits per heavy atom. The molecule has 0 saturated carbocycles. The number of fused-ring (bicyclic) bond motifs is 1. The fourth-order valence-corrected chi connectivity index (χ4v) is 4.41. The number of aryl methyl sites for hydroxylation is 1. The minimum atomic E-state index is -0.885. The molecule has 0 spiro atoms. The van der Waals surface area contributed by atoms with Crippen LogP contribution in [0.25, 0.3) is 0 Å². The largest absolute Gasteiger partial charge is 0.448 e.